The molecule has 0 unspecified atom stereocenters. The normalized spacial score (nSPS) is 9.23. The van der Waals surface area contributed by atoms with E-state index in [1.54, 1.807) is 12.4 Å². The van der Waals surface area contributed by atoms with Crippen LogP contribution < -0.4 is 4.98 Å². The zero-order valence-electron chi connectivity index (χ0n) is 6.94. The monoisotopic (exact) mass is 220 g/mol. The van der Waals surface area contributed by atoms with Gasteiger partial charge in [0.25, 0.3) is 0 Å². The topological polar surface area (TPSA) is 27.0 Å². The Morgan fingerprint density at radius 3 is 2.54 bits per heavy atom. The van der Waals surface area contributed by atoms with Gasteiger partial charge in [-0.05, 0) is 12.0 Å². The van der Waals surface area contributed by atoms with Gasteiger partial charge in [0, 0.05) is 0 Å². The second-order valence-electron chi connectivity index (χ2n) is 2.63. The van der Waals surface area contributed by atoms with Crippen molar-refractivity contribution in [3.63, 3.8) is 0 Å². The molecule has 0 fully saturated rings. The van der Waals surface area contributed by atoms with E-state index < -0.39 is 0 Å². The van der Waals surface area contributed by atoms with E-state index in [9.17, 15) is 0 Å². The molecule has 70 valence electrons. The molecule has 13 heavy (non-hydrogen) atoms. The van der Waals surface area contributed by atoms with E-state index in [0.717, 1.165) is 12.2 Å². The van der Waals surface area contributed by atoms with Crippen LogP contribution in [0.25, 0.3) is 0 Å². The largest absolute Gasteiger partial charge is 1.00 e. The van der Waals surface area contributed by atoms with Gasteiger partial charge in [0.05, 0.1) is 0 Å². The zero-order chi connectivity index (χ0) is 8.23. The van der Waals surface area contributed by atoms with Crippen molar-refractivity contribution >= 4 is 0 Å². The van der Waals surface area contributed by atoms with Gasteiger partial charge in [-0.2, -0.15) is 0 Å². The smallest absolute Gasteiger partial charge is 0.446 e. The first-order valence-corrected chi connectivity index (χ1v) is 3.91. The molecule has 0 aliphatic heterocycles. The van der Waals surface area contributed by atoms with Crippen molar-refractivity contribution in [2.45, 2.75) is 6.42 Å². The van der Waals surface area contributed by atoms with Gasteiger partial charge in [0.1, 0.15) is 0 Å². The zero-order valence-corrected chi connectivity index (χ0v) is 7.89. The summed E-state index contributed by atoms with van der Waals surface area (Å²) in [5, 5.41) is 0. The van der Waals surface area contributed by atoms with Gasteiger partial charge >= 0.3 is 17.1 Å². The van der Waals surface area contributed by atoms with Crippen molar-refractivity contribution in [2.24, 2.45) is 0 Å². The van der Waals surface area contributed by atoms with Crippen LogP contribution in [0.2, 0.25) is 0 Å². The molecule has 3 heteroatoms. The van der Waals surface area contributed by atoms with Crippen LogP contribution in [0.1, 0.15) is 11.4 Å². The molecule has 0 bridgehead atoms. The van der Waals surface area contributed by atoms with Crippen molar-refractivity contribution in [2.75, 3.05) is 0 Å². The molecule has 2 rings (SSSR count). The maximum Gasteiger partial charge on any atom is 1.00 e. The van der Waals surface area contributed by atoms with Crippen LogP contribution in [0.3, 0.4) is 0 Å². The number of aromatic nitrogens is 2. The number of benzene rings is 1. The van der Waals surface area contributed by atoms with Gasteiger partial charge in [-0.25, -0.2) is 0 Å². The Morgan fingerprint density at radius 2 is 1.92 bits per heavy atom. The van der Waals surface area contributed by atoms with E-state index in [0.29, 0.717) is 0 Å². The van der Waals surface area contributed by atoms with Crippen LogP contribution in [0.4, 0.5) is 0 Å². The summed E-state index contributed by atoms with van der Waals surface area (Å²) in [6.07, 6.45) is 4.27. The van der Waals surface area contributed by atoms with Crippen molar-refractivity contribution in [3.05, 3.63) is 54.1 Å². The average Bonchev–Trinajstić information content (AvgIpc) is 2.59. The molecule has 0 aliphatic carbocycles. The summed E-state index contributed by atoms with van der Waals surface area (Å²) in [5.74, 6) is 0.890. The number of hydrogen-bond donors (Lipinski definition) is 0. The molecule has 2 aromatic rings. The molecule has 1 heterocycles. The summed E-state index contributed by atoms with van der Waals surface area (Å²) in [7, 11) is 0. The molecule has 0 saturated carbocycles. The third-order valence-electron chi connectivity index (χ3n) is 1.72. The van der Waals surface area contributed by atoms with E-state index in [4.69, 9.17) is 0 Å². The third-order valence-corrected chi connectivity index (χ3v) is 1.72. The molecule has 0 spiro atoms. The fourth-order valence-corrected chi connectivity index (χ4v) is 1.14. The number of nitrogens with zero attached hydrogens (tertiary/aromatic N) is 2. The van der Waals surface area contributed by atoms with Crippen molar-refractivity contribution in [1.82, 2.24) is 9.97 Å². The number of imidazole rings is 1. The van der Waals surface area contributed by atoms with Gasteiger partial charge in [-0.3, -0.25) is 0 Å². The van der Waals surface area contributed by atoms with Gasteiger partial charge in [-0.1, -0.05) is 48.5 Å². The van der Waals surface area contributed by atoms with Crippen LogP contribution in [0.15, 0.2) is 42.7 Å². The first-order valence-electron chi connectivity index (χ1n) is 3.91. The number of rotatable bonds is 2. The quantitative estimate of drug-likeness (QED) is 0.720. The van der Waals surface area contributed by atoms with Crippen molar-refractivity contribution in [3.8, 4) is 0 Å². The minimum absolute atomic E-state index is 0. The fourth-order valence-electron chi connectivity index (χ4n) is 1.14. The molecular formula is C10H9CuN2. The first-order chi connectivity index (χ1) is 5.95. The summed E-state index contributed by atoms with van der Waals surface area (Å²) < 4.78 is 0. The Bertz CT molecular complexity index is 329. The van der Waals surface area contributed by atoms with E-state index in [2.05, 4.69) is 22.1 Å². The van der Waals surface area contributed by atoms with E-state index >= 15 is 0 Å². The molecular weight excluding hydrogens is 212 g/mol. The fraction of sp³-hybridized carbons (Fsp3) is 0.100. The van der Waals surface area contributed by atoms with Crippen molar-refractivity contribution < 1.29 is 17.1 Å². The SMILES string of the molecule is [Cu+].c1ccc(Cc2ncc[n-]2)cc1. The molecule has 0 amide bonds. The van der Waals surface area contributed by atoms with Gasteiger partial charge in [-0.15, -0.1) is 0 Å². The minimum Gasteiger partial charge on any atom is -0.446 e. The predicted molar refractivity (Wildman–Crippen MR) is 46.8 cm³/mol. The standard InChI is InChI=1S/C10H9N2.Cu/c1-2-4-9(5-3-1)8-10-11-6-7-12-10;/h1-7H,8H2;/q-1;+1. The van der Waals surface area contributed by atoms with Crippen LogP contribution in [0.5, 0.6) is 0 Å². The minimum atomic E-state index is 0. The van der Waals surface area contributed by atoms with Gasteiger partial charge < -0.3 is 9.97 Å². The molecule has 0 saturated heterocycles. The summed E-state index contributed by atoms with van der Waals surface area (Å²) >= 11 is 0. The second-order valence-corrected chi connectivity index (χ2v) is 2.63. The van der Waals surface area contributed by atoms with E-state index in [-0.39, 0.29) is 17.1 Å². The summed E-state index contributed by atoms with van der Waals surface area (Å²) in [4.78, 5) is 8.20. The molecule has 0 radical (unpaired) electrons. The Hall–Kier alpha value is -1.05. The Balaban J connectivity index is 0.000000845. The van der Waals surface area contributed by atoms with Crippen LogP contribution in [-0.2, 0) is 23.5 Å². The Morgan fingerprint density at radius 1 is 1.15 bits per heavy atom. The first kappa shape index (κ1) is 10.0. The maximum absolute atomic E-state index is 4.10. The molecule has 1 aromatic heterocycles. The third kappa shape index (κ3) is 2.72. The molecule has 1 aromatic carbocycles. The second kappa shape index (κ2) is 4.85. The Kier molecular flexibility index (Phi) is 3.74. The number of hydrogen-bond acceptors (Lipinski definition) is 1. The molecule has 2 nitrogen and oxygen atoms in total. The molecule has 0 N–H and O–H groups in total. The van der Waals surface area contributed by atoms with Crippen LogP contribution in [-0.4, -0.2) is 4.98 Å². The van der Waals surface area contributed by atoms with Crippen molar-refractivity contribution in [1.29, 1.82) is 0 Å². The predicted octanol–water partition coefficient (Wildman–Crippen LogP) is 1.63. The maximum atomic E-state index is 4.10. The van der Waals surface area contributed by atoms with Crippen LogP contribution in [0, 0.1) is 0 Å². The summed E-state index contributed by atoms with van der Waals surface area (Å²) in [5.41, 5.74) is 1.25. The Labute approximate surface area is 87.9 Å². The van der Waals surface area contributed by atoms with E-state index in [1.165, 1.54) is 5.56 Å². The summed E-state index contributed by atoms with van der Waals surface area (Å²) in [6, 6.07) is 10.2. The van der Waals surface area contributed by atoms with E-state index in [1.807, 2.05) is 18.2 Å². The average molecular weight is 221 g/mol. The van der Waals surface area contributed by atoms with Crippen LogP contribution >= 0.6 is 0 Å². The van der Waals surface area contributed by atoms with Gasteiger partial charge in [0.15, 0.2) is 0 Å². The molecule has 0 atom stereocenters. The van der Waals surface area contributed by atoms with Gasteiger partial charge in [0.2, 0.25) is 0 Å². The summed E-state index contributed by atoms with van der Waals surface area (Å²) in [6.45, 7) is 0. The molecule has 0 aliphatic rings.